The van der Waals surface area contributed by atoms with E-state index in [0.717, 1.165) is 61.6 Å². The standard InChI is InChI=1S/C28H42N4O5/c1-17-10-9-13-21(18(17)2)24(25(34)30-19-11-7-6-8-12-19)32(20-14-15-20)26(35)22(16-23(29)33)31-27(36)37-28(3,4)5/h9-10,13,19-20,22,24H,6-8,11-12,14-16H2,1-5H3,(H2,29,33)(H,30,34)(H,31,36). The molecule has 9 nitrogen and oxygen atoms in total. The maximum Gasteiger partial charge on any atom is 0.408 e. The van der Waals surface area contributed by atoms with Crippen molar-refractivity contribution >= 4 is 23.8 Å². The van der Waals surface area contributed by atoms with E-state index in [9.17, 15) is 19.2 Å². The van der Waals surface area contributed by atoms with Crippen LogP contribution in [0.4, 0.5) is 4.79 Å². The number of hydrogen-bond donors (Lipinski definition) is 3. The monoisotopic (exact) mass is 514 g/mol. The van der Waals surface area contributed by atoms with Crippen molar-refractivity contribution in [2.24, 2.45) is 5.73 Å². The minimum Gasteiger partial charge on any atom is -0.444 e. The van der Waals surface area contributed by atoms with Crippen molar-refractivity contribution in [1.82, 2.24) is 15.5 Å². The number of rotatable bonds is 9. The van der Waals surface area contributed by atoms with Crippen molar-refractivity contribution < 1.29 is 23.9 Å². The predicted molar refractivity (Wildman–Crippen MR) is 141 cm³/mol. The lowest BCUT2D eigenvalue weighted by atomic mass is 9.92. The van der Waals surface area contributed by atoms with Crippen LogP contribution in [-0.2, 0) is 19.1 Å². The number of nitrogens with zero attached hydrogens (tertiary/aromatic N) is 1. The molecule has 0 saturated heterocycles. The number of carbonyl (C=O) groups excluding carboxylic acids is 4. The third-order valence-corrected chi connectivity index (χ3v) is 7.01. The van der Waals surface area contributed by atoms with Crippen LogP contribution in [0.5, 0.6) is 0 Å². The van der Waals surface area contributed by atoms with Crippen molar-refractivity contribution in [3.05, 3.63) is 34.9 Å². The summed E-state index contributed by atoms with van der Waals surface area (Å²) in [5, 5.41) is 5.73. The molecule has 0 spiro atoms. The highest BCUT2D eigenvalue weighted by molar-refractivity contribution is 5.95. The number of ether oxygens (including phenoxy) is 1. The zero-order valence-corrected chi connectivity index (χ0v) is 22.8. The zero-order valence-electron chi connectivity index (χ0n) is 22.8. The van der Waals surface area contributed by atoms with Gasteiger partial charge < -0.3 is 26.0 Å². The molecule has 4 N–H and O–H groups in total. The quantitative estimate of drug-likeness (QED) is 0.464. The van der Waals surface area contributed by atoms with Crippen LogP contribution in [0, 0.1) is 13.8 Å². The zero-order chi connectivity index (χ0) is 27.3. The maximum absolute atomic E-state index is 14.0. The second-order valence-electron chi connectivity index (χ2n) is 11.4. The van der Waals surface area contributed by atoms with Crippen LogP contribution >= 0.6 is 0 Å². The van der Waals surface area contributed by atoms with Gasteiger partial charge in [0.25, 0.3) is 0 Å². The SMILES string of the molecule is Cc1cccc(C(C(=O)NC2CCCCC2)N(C(=O)C(CC(N)=O)NC(=O)OC(C)(C)C)C2CC2)c1C. The van der Waals surface area contributed by atoms with Crippen molar-refractivity contribution in [3.63, 3.8) is 0 Å². The average molecular weight is 515 g/mol. The topological polar surface area (TPSA) is 131 Å². The van der Waals surface area contributed by atoms with Crippen LogP contribution < -0.4 is 16.4 Å². The van der Waals surface area contributed by atoms with E-state index in [1.54, 1.807) is 25.7 Å². The van der Waals surface area contributed by atoms with Crippen molar-refractivity contribution in [2.45, 2.75) is 116 Å². The summed E-state index contributed by atoms with van der Waals surface area (Å²) in [5.41, 5.74) is 7.35. The molecule has 4 amide bonds. The second-order valence-corrected chi connectivity index (χ2v) is 11.4. The smallest absolute Gasteiger partial charge is 0.408 e. The van der Waals surface area contributed by atoms with Crippen LogP contribution in [0.15, 0.2) is 18.2 Å². The van der Waals surface area contributed by atoms with E-state index in [2.05, 4.69) is 10.6 Å². The first kappa shape index (κ1) is 28.5. The first-order valence-corrected chi connectivity index (χ1v) is 13.3. The predicted octanol–water partition coefficient (Wildman–Crippen LogP) is 3.55. The van der Waals surface area contributed by atoms with E-state index < -0.39 is 42.0 Å². The molecule has 2 aliphatic carbocycles. The van der Waals surface area contributed by atoms with E-state index in [1.807, 2.05) is 32.0 Å². The Labute approximate surface area is 219 Å². The van der Waals surface area contributed by atoms with E-state index in [4.69, 9.17) is 10.5 Å². The summed E-state index contributed by atoms with van der Waals surface area (Å²) in [6.45, 7) is 9.04. The maximum atomic E-state index is 14.0. The molecule has 0 radical (unpaired) electrons. The molecule has 204 valence electrons. The van der Waals surface area contributed by atoms with Crippen molar-refractivity contribution in [2.75, 3.05) is 0 Å². The molecule has 37 heavy (non-hydrogen) atoms. The average Bonchev–Trinajstić information content (AvgIpc) is 3.63. The van der Waals surface area contributed by atoms with E-state index in [-0.39, 0.29) is 18.0 Å². The molecule has 9 heteroatoms. The Morgan fingerprint density at radius 3 is 2.27 bits per heavy atom. The minimum absolute atomic E-state index is 0.0614. The van der Waals surface area contributed by atoms with Crippen LogP contribution in [0.3, 0.4) is 0 Å². The highest BCUT2D eigenvalue weighted by Crippen LogP contribution is 2.37. The number of alkyl carbamates (subject to hydrolysis) is 1. The number of amides is 4. The summed E-state index contributed by atoms with van der Waals surface area (Å²) in [6, 6.07) is 3.48. The van der Waals surface area contributed by atoms with E-state index >= 15 is 0 Å². The van der Waals surface area contributed by atoms with Crippen LogP contribution in [0.25, 0.3) is 0 Å². The third-order valence-electron chi connectivity index (χ3n) is 7.01. The number of aryl methyl sites for hydroxylation is 1. The molecular weight excluding hydrogens is 472 g/mol. The largest absolute Gasteiger partial charge is 0.444 e. The summed E-state index contributed by atoms with van der Waals surface area (Å²) < 4.78 is 5.33. The highest BCUT2D eigenvalue weighted by atomic mass is 16.6. The van der Waals surface area contributed by atoms with Gasteiger partial charge in [0.2, 0.25) is 17.7 Å². The fourth-order valence-corrected chi connectivity index (χ4v) is 4.92. The van der Waals surface area contributed by atoms with Gasteiger partial charge in [-0.25, -0.2) is 4.79 Å². The van der Waals surface area contributed by atoms with Gasteiger partial charge in [-0.15, -0.1) is 0 Å². The number of hydrogen-bond acceptors (Lipinski definition) is 5. The first-order chi connectivity index (χ1) is 17.4. The summed E-state index contributed by atoms with van der Waals surface area (Å²) in [5.74, 6) is -1.49. The van der Waals surface area contributed by atoms with Crippen LogP contribution in [-0.4, -0.2) is 52.4 Å². The van der Waals surface area contributed by atoms with Crippen molar-refractivity contribution in [3.8, 4) is 0 Å². The van der Waals surface area contributed by atoms with Gasteiger partial charge in [-0.05, 0) is 77.0 Å². The van der Waals surface area contributed by atoms with Crippen LogP contribution in [0.2, 0.25) is 0 Å². The lowest BCUT2D eigenvalue weighted by Gasteiger charge is -2.36. The Bertz CT molecular complexity index is 1010. The van der Waals surface area contributed by atoms with Gasteiger partial charge in [0.1, 0.15) is 17.7 Å². The summed E-state index contributed by atoms with van der Waals surface area (Å²) in [7, 11) is 0. The third kappa shape index (κ3) is 7.94. The molecule has 1 aromatic carbocycles. The number of nitrogens with one attached hydrogen (secondary N) is 2. The molecule has 2 unspecified atom stereocenters. The molecule has 3 rings (SSSR count). The first-order valence-electron chi connectivity index (χ1n) is 13.3. The molecule has 0 aromatic heterocycles. The number of benzene rings is 1. The summed E-state index contributed by atoms with van der Waals surface area (Å²) in [6.07, 6.45) is 5.35. The molecule has 0 aliphatic heterocycles. The summed E-state index contributed by atoms with van der Waals surface area (Å²) in [4.78, 5) is 54.0. The Hall–Kier alpha value is -3.10. The fraction of sp³-hybridized carbons (Fsp3) is 0.643. The van der Waals surface area contributed by atoms with Crippen molar-refractivity contribution in [1.29, 1.82) is 0 Å². The highest BCUT2D eigenvalue weighted by Gasteiger charge is 2.45. The number of nitrogens with two attached hydrogens (primary N) is 1. The molecule has 0 heterocycles. The summed E-state index contributed by atoms with van der Waals surface area (Å²) >= 11 is 0. The molecule has 2 aliphatic rings. The van der Waals surface area contributed by atoms with Gasteiger partial charge in [0.15, 0.2) is 0 Å². The molecular formula is C28H42N4O5. The Morgan fingerprint density at radius 2 is 1.70 bits per heavy atom. The Balaban J connectivity index is 1.98. The second kappa shape index (κ2) is 12.0. The fourth-order valence-electron chi connectivity index (χ4n) is 4.92. The van der Waals surface area contributed by atoms with E-state index in [0.29, 0.717) is 0 Å². The molecule has 2 saturated carbocycles. The Morgan fingerprint density at radius 1 is 1.05 bits per heavy atom. The number of carbonyl (C=O) groups is 4. The number of primary amides is 1. The normalized spacial score (nSPS) is 17.9. The molecule has 1 aromatic rings. The lowest BCUT2D eigenvalue weighted by molar-refractivity contribution is -0.144. The molecule has 2 fully saturated rings. The Kier molecular flexibility index (Phi) is 9.21. The molecule has 0 bridgehead atoms. The van der Waals surface area contributed by atoms with Gasteiger partial charge in [0, 0.05) is 12.1 Å². The van der Waals surface area contributed by atoms with Crippen LogP contribution in [0.1, 0.15) is 94.9 Å². The van der Waals surface area contributed by atoms with Gasteiger partial charge in [-0.2, -0.15) is 0 Å². The van der Waals surface area contributed by atoms with Gasteiger partial charge >= 0.3 is 6.09 Å². The lowest BCUT2D eigenvalue weighted by Crippen LogP contribution is -2.55. The minimum atomic E-state index is -1.25. The van der Waals surface area contributed by atoms with E-state index in [1.165, 1.54) is 0 Å². The van der Waals surface area contributed by atoms with Gasteiger partial charge in [-0.1, -0.05) is 37.5 Å². The van der Waals surface area contributed by atoms with Gasteiger partial charge in [-0.3, -0.25) is 14.4 Å². The van der Waals surface area contributed by atoms with Gasteiger partial charge in [0.05, 0.1) is 6.42 Å². The molecule has 2 atom stereocenters.